The number of aromatic nitrogens is 3. The van der Waals surface area contributed by atoms with E-state index in [1.165, 1.54) is 9.25 Å². The van der Waals surface area contributed by atoms with E-state index in [9.17, 15) is 14.4 Å². The van der Waals surface area contributed by atoms with Gasteiger partial charge in [-0.05, 0) is 56.0 Å². The Bertz CT molecular complexity index is 1500. The molecule has 0 N–H and O–H groups in total. The summed E-state index contributed by atoms with van der Waals surface area (Å²) in [6.45, 7) is 7.10. The Hall–Kier alpha value is -3.71. The molecular weight excluding hydrogens is 478 g/mol. The van der Waals surface area contributed by atoms with Crippen LogP contribution in [0.1, 0.15) is 50.3 Å². The monoisotopic (exact) mass is 505 g/mol. The summed E-state index contributed by atoms with van der Waals surface area (Å²) in [6, 6.07) is 16.3. The minimum atomic E-state index is -0.633. The molecule has 0 unspecified atom stereocenters. The summed E-state index contributed by atoms with van der Waals surface area (Å²) in [5, 5.41) is 5.80. The third-order valence-corrected chi connectivity index (χ3v) is 5.94. The van der Waals surface area contributed by atoms with Gasteiger partial charge in [0, 0.05) is 28.6 Å². The highest BCUT2D eigenvalue weighted by molar-refractivity contribution is 6.31. The molecule has 0 saturated carbocycles. The zero-order chi connectivity index (χ0) is 26.0. The van der Waals surface area contributed by atoms with Gasteiger partial charge < -0.3 is 4.74 Å². The Morgan fingerprint density at radius 3 is 2.42 bits per heavy atom. The number of hydrogen-bond acceptors (Lipinski definition) is 5. The van der Waals surface area contributed by atoms with Crippen molar-refractivity contribution in [3.8, 4) is 11.1 Å². The van der Waals surface area contributed by atoms with Crippen molar-refractivity contribution in [1.82, 2.24) is 14.3 Å². The molecule has 8 heteroatoms. The predicted molar refractivity (Wildman–Crippen MR) is 140 cm³/mol. The van der Waals surface area contributed by atoms with E-state index >= 15 is 0 Å². The minimum absolute atomic E-state index is 0.0567. The van der Waals surface area contributed by atoms with Crippen molar-refractivity contribution in [3.05, 3.63) is 87.6 Å². The number of rotatable bonds is 7. The van der Waals surface area contributed by atoms with Crippen molar-refractivity contribution in [3.63, 3.8) is 0 Å². The number of fused-ring (bicyclic) bond motifs is 1. The fraction of sp³-hybridized carbons (Fsp3) is 0.286. The largest absolute Gasteiger partial charge is 0.459 e. The molecule has 4 rings (SSSR count). The van der Waals surface area contributed by atoms with E-state index in [2.05, 4.69) is 5.10 Å². The Balaban J connectivity index is 1.92. The number of carbonyl (C=O) groups is 2. The molecule has 0 radical (unpaired) electrons. The number of carbonyl (C=O) groups excluding carboxylic acids is 2. The van der Waals surface area contributed by atoms with Crippen LogP contribution in [0, 0.1) is 0 Å². The summed E-state index contributed by atoms with van der Waals surface area (Å²) in [5.41, 5.74) is 1.40. The van der Waals surface area contributed by atoms with Crippen LogP contribution in [0.25, 0.3) is 21.9 Å². The maximum Gasteiger partial charge on any atom is 0.328 e. The van der Waals surface area contributed by atoms with Crippen LogP contribution in [0.4, 0.5) is 0 Å². The van der Waals surface area contributed by atoms with Crippen LogP contribution in [0.15, 0.2) is 65.6 Å². The van der Waals surface area contributed by atoms with Gasteiger partial charge in [0.1, 0.15) is 12.1 Å². The van der Waals surface area contributed by atoms with Crippen LogP contribution in [0.2, 0.25) is 5.02 Å². The first-order valence-electron chi connectivity index (χ1n) is 11.8. The van der Waals surface area contributed by atoms with Crippen LogP contribution >= 0.6 is 11.6 Å². The first kappa shape index (κ1) is 25.4. The second kappa shape index (κ2) is 10.1. The molecule has 0 bridgehead atoms. The molecule has 0 aliphatic rings. The highest BCUT2D eigenvalue weighted by atomic mass is 35.5. The molecule has 2 aromatic heterocycles. The molecule has 0 fully saturated rings. The highest BCUT2D eigenvalue weighted by Crippen LogP contribution is 2.33. The number of pyridine rings is 1. The molecule has 0 amide bonds. The highest BCUT2D eigenvalue weighted by Gasteiger charge is 2.24. The number of benzene rings is 2. The van der Waals surface area contributed by atoms with Gasteiger partial charge in [0.05, 0.1) is 17.9 Å². The average molecular weight is 506 g/mol. The lowest BCUT2D eigenvalue weighted by Crippen LogP contribution is -2.30. The van der Waals surface area contributed by atoms with E-state index < -0.39 is 11.6 Å². The van der Waals surface area contributed by atoms with Crippen LogP contribution in [0.3, 0.4) is 0 Å². The summed E-state index contributed by atoms with van der Waals surface area (Å²) in [7, 11) is 0. The number of nitrogens with zero attached hydrogens (tertiary/aromatic N) is 3. The molecular formula is C28H28ClN3O4. The molecule has 7 nitrogen and oxygen atoms in total. The van der Waals surface area contributed by atoms with Gasteiger partial charge in [-0.25, -0.2) is 0 Å². The van der Waals surface area contributed by atoms with Crippen molar-refractivity contribution < 1.29 is 14.3 Å². The number of hydrogen-bond donors (Lipinski definition) is 0. The fourth-order valence-corrected chi connectivity index (χ4v) is 4.39. The lowest BCUT2D eigenvalue weighted by Gasteiger charge is -2.21. The van der Waals surface area contributed by atoms with Crippen LogP contribution in [-0.2, 0) is 22.6 Å². The van der Waals surface area contributed by atoms with E-state index in [4.69, 9.17) is 16.3 Å². The Kier molecular flexibility index (Phi) is 7.13. The molecule has 0 aliphatic carbocycles. The second-order valence-corrected chi connectivity index (χ2v) is 9.95. The van der Waals surface area contributed by atoms with Crippen molar-refractivity contribution >= 4 is 34.1 Å². The zero-order valence-corrected chi connectivity index (χ0v) is 21.5. The molecule has 4 aromatic rings. The normalized spacial score (nSPS) is 11.6. The maximum atomic E-state index is 13.8. The van der Waals surface area contributed by atoms with Crippen LogP contribution in [-0.4, -0.2) is 31.7 Å². The van der Waals surface area contributed by atoms with Crippen LogP contribution in [0.5, 0.6) is 0 Å². The lowest BCUT2D eigenvalue weighted by molar-refractivity contribution is -0.155. The van der Waals surface area contributed by atoms with Crippen molar-refractivity contribution in [2.24, 2.45) is 0 Å². The van der Waals surface area contributed by atoms with Gasteiger partial charge in [0.25, 0.3) is 5.56 Å². The van der Waals surface area contributed by atoms with E-state index in [0.29, 0.717) is 32.7 Å². The lowest BCUT2D eigenvalue weighted by atomic mass is 9.94. The summed E-state index contributed by atoms with van der Waals surface area (Å²) in [5.74, 6) is -0.617. The second-order valence-electron chi connectivity index (χ2n) is 9.51. The smallest absolute Gasteiger partial charge is 0.328 e. The van der Waals surface area contributed by atoms with Gasteiger partial charge in [-0.1, -0.05) is 48.9 Å². The van der Waals surface area contributed by atoms with Gasteiger partial charge >= 0.3 is 5.97 Å². The number of ether oxygens (including phenoxy) is 1. The first-order valence-corrected chi connectivity index (χ1v) is 12.1. The van der Waals surface area contributed by atoms with E-state index in [1.54, 1.807) is 58.2 Å². The quantitative estimate of drug-likeness (QED) is 0.244. The summed E-state index contributed by atoms with van der Waals surface area (Å²) in [6.07, 6.45) is 1.77. The molecule has 186 valence electrons. The maximum absolute atomic E-state index is 13.8. The number of ketones is 1. The van der Waals surface area contributed by atoms with Gasteiger partial charge in [-0.3, -0.25) is 23.6 Å². The zero-order valence-electron chi connectivity index (χ0n) is 20.7. The molecule has 2 heterocycles. The van der Waals surface area contributed by atoms with E-state index in [0.717, 1.165) is 5.56 Å². The van der Waals surface area contributed by atoms with Crippen molar-refractivity contribution in [2.45, 2.75) is 52.8 Å². The van der Waals surface area contributed by atoms with Gasteiger partial charge in [0.2, 0.25) is 0 Å². The molecule has 0 saturated heterocycles. The molecule has 2 aromatic carbocycles. The standard InChI is InChI=1S/C28H28ClN3O4/c1-5-23(33)26-25(18-9-7-6-8-10-18)22-15-19(29)11-12-21(22)27(35)31(26)16-20-13-14-30-32(20)17-24(34)36-28(2,3)4/h6-15H,5,16-17H2,1-4H3. The fourth-order valence-electron chi connectivity index (χ4n) is 4.22. The van der Waals surface area contributed by atoms with E-state index in [-0.39, 0.29) is 30.9 Å². The van der Waals surface area contributed by atoms with Gasteiger partial charge in [-0.2, -0.15) is 5.10 Å². The summed E-state index contributed by atoms with van der Waals surface area (Å²) >= 11 is 6.32. The molecule has 0 atom stereocenters. The molecule has 0 spiro atoms. The van der Waals surface area contributed by atoms with Gasteiger partial charge in [-0.15, -0.1) is 0 Å². The molecule has 0 aliphatic heterocycles. The summed E-state index contributed by atoms with van der Waals surface area (Å²) in [4.78, 5) is 39.6. The number of esters is 1. The average Bonchev–Trinajstić information content (AvgIpc) is 3.25. The SMILES string of the molecule is CCC(=O)c1c(-c2ccccc2)c2cc(Cl)ccc2c(=O)n1Cc1ccnn1CC(=O)OC(C)(C)C. The number of Topliss-reactive ketones (excluding diaryl/α,β-unsaturated/α-hetero) is 1. The minimum Gasteiger partial charge on any atom is -0.459 e. The third kappa shape index (κ3) is 5.26. The Morgan fingerprint density at radius 1 is 1.03 bits per heavy atom. The van der Waals surface area contributed by atoms with Crippen LogP contribution < -0.4 is 5.56 Å². The summed E-state index contributed by atoms with van der Waals surface area (Å²) < 4.78 is 8.40. The first-order chi connectivity index (χ1) is 17.1. The van der Waals surface area contributed by atoms with Crippen molar-refractivity contribution in [2.75, 3.05) is 0 Å². The Morgan fingerprint density at radius 2 is 1.75 bits per heavy atom. The number of halogens is 1. The van der Waals surface area contributed by atoms with Crippen molar-refractivity contribution in [1.29, 1.82) is 0 Å². The van der Waals surface area contributed by atoms with E-state index in [1.807, 2.05) is 30.3 Å². The van der Waals surface area contributed by atoms with Gasteiger partial charge in [0.15, 0.2) is 5.78 Å². The molecule has 36 heavy (non-hydrogen) atoms. The Labute approximate surface area is 214 Å². The third-order valence-electron chi connectivity index (χ3n) is 5.70. The topological polar surface area (TPSA) is 83.2 Å². The predicted octanol–water partition coefficient (Wildman–Crippen LogP) is 5.50.